The van der Waals surface area contributed by atoms with Gasteiger partial charge in [0.15, 0.2) is 17.3 Å². The van der Waals surface area contributed by atoms with Gasteiger partial charge in [-0.15, -0.1) is 0 Å². The fourth-order valence-corrected chi connectivity index (χ4v) is 4.81. The van der Waals surface area contributed by atoms with Gasteiger partial charge in [0.1, 0.15) is 18.5 Å². The first-order chi connectivity index (χ1) is 20.6. The van der Waals surface area contributed by atoms with E-state index < -0.39 is 77.7 Å². The van der Waals surface area contributed by atoms with Crippen molar-refractivity contribution in [3.05, 3.63) is 58.9 Å². The van der Waals surface area contributed by atoms with Crippen molar-refractivity contribution in [3.8, 4) is 5.75 Å². The van der Waals surface area contributed by atoms with Crippen LogP contribution < -0.4 is 15.4 Å². The normalized spacial score (nSPS) is 15.6. The van der Waals surface area contributed by atoms with Gasteiger partial charge in [-0.25, -0.2) is 8.78 Å². The summed E-state index contributed by atoms with van der Waals surface area (Å²) in [6.07, 6.45) is 0.110. The molecule has 1 aliphatic heterocycles. The number of likely N-dealkylation sites (tertiary alicyclic amines) is 1. The zero-order valence-electron chi connectivity index (χ0n) is 25.2. The molecule has 1 fully saturated rings. The van der Waals surface area contributed by atoms with Crippen LogP contribution in [-0.2, 0) is 34.1 Å². The second-order valence-electron chi connectivity index (χ2n) is 11.5. The molecule has 3 rings (SSSR count). The van der Waals surface area contributed by atoms with E-state index in [0.717, 1.165) is 19.6 Å². The number of anilines is 1. The Morgan fingerprint density at radius 3 is 2.41 bits per heavy atom. The van der Waals surface area contributed by atoms with Gasteiger partial charge in [0, 0.05) is 30.4 Å². The average molecular weight is 620 g/mol. The van der Waals surface area contributed by atoms with Crippen LogP contribution >= 0.6 is 0 Å². The average Bonchev–Trinajstić information content (AvgIpc) is 2.98. The van der Waals surface area contributed by atoms with Gasteiger partial charge in [-0.1, -0.05) is 39.0 Å². The van der Waals surface area contributed by atoms with Crippen LogP contribution in [0.25, 0.3) is 0 Å². The van der Waals surface area contributed by atoms with Gasteiger partial charge in [0.25, 0.3) is 0 Å². The summed E-state index contributed by atoms with van der Waals surface area (Å²) >= 11 is 0. The highest BCUT2D eigenvalue weighted by molar-refractivity contribution is 6.39. The minimum atomic E-state index is -1.52. The van der Waals surface area contributed by atoms with E-state index >= 15 is 0 Å². The molecule has 0 bridgehead atoms. The lowest BCUT2D eigenvalue weighted by atomic mass is 9.86. The monoisotopic (exact) mass is 619 g/mol. The molecule has 44 heavy (non-hydrogen) atoms. The van der Waals surface area contributed by atoms with Crippen molar-refractivity contribution in [3.63, 3.8) is 0 Å². The van der Waals surface area contributed by atoms with E-state index in [1.165, 1.54) is 4.90 Å². The zero-order chi connectivity index (χ0) is 32.8. The van der Waals surface area contributed by atoms with Gasteiger partial charge in [-0.05, 0) is 36.8 Å². The Morgan fingerprint density at radius 2 is 1.75 bits per heavy atom. The Balaban J connectivity index is 1.68. The fraction of sp³-hybridized carbons (Fsp3) is 0.452. The second-order valence-corrected chi connectivity index (χ2v) is 11.5. The zero-order valence-corrected chi connectivity index (χ0v) is 25.2. The van der Waals surface area contributed by atoms with Gasteiger partial charge in [-0.3, -0.25) is 24.0 Å². The molecule has 13 heteroatoms. The van der Waals surface area contributed by atoms with Crippen LogP contribution in [0.1, 0.15) is 51.2 Å². The molecule has 0 spiro atoms. The number of rotatable bonds is 9. The summed E-state index contributed by atoms with van der Waals surface area (Å²) in [5.41, 5.74) is 0.656. The number of halogens is 3. The summed E-state index contributed by atoms with van der Waals surface area (Å²) in [5.74, 6) is -9.87. The third kappa shape index (κ3) is 8.35. The quantitative estimate of drug-likeness (QED) is 0.249. The molecule has 0 saturated carbocycles. The van der Waals surface area contributed by atoms with E-state index in [1.54, 1.807) is 12.1 Å². The number of nitrogens with zero attached hydrogens (tertiary/aromatic N) is 1. The van der Waals surface area contributed by atoms with Crippen molar-refractivity contribution in [2.45, 2.75) is 58.4 Å². The molecule has 2 atom stereocenters. The summed E-state index contributed by atoms with van der Waals surface area (Å²) < 4.78 is 51.4. The predicted octanol–water partition coefficient (Wildman–Crippen LogP) is 3.58. The summed E-state index contributed by atoms with van der Waals surface area (Å²) in [6, 6.07) is 5.97. The minimum absolute atomic E-state index is 0.123. The highest BCUT2D eigenvalue weighted by Gasteiger charge is 2.34. The van der Waals surface area contributed by atoms with E-state index in [0.29, 0.717) is 24.6 Å². The number of ether oxygens (including phenoxy) is 2. The largest absolute Gasteiger partial charge is 0.482 e. The van der Waals surface area contributed by atoms with Crippen molar-refractivity contribution in [2.75, 3.05) is 32.1 Å². The number of methoxy groups -OCH3 is 1. The lowest BCUT2D eigenvalue weighted by Gasteiger charge is -2.32. The van der Waals surface area contributed by atoms with Crippen molar-refractivity contribution >= 4 is 35.2 Å². The molecule has 0 radical (unpaired) electrons. The van der Waals surface area contributed by atoms with E-state index in [4.69, 9.17) is 4.74 Å². The standard InChI is InChI=1S/C31H36F3N3O7/c1-17-20(32)13-21(33)26(34)27(17)44-16-24(38)23(14-25(39)43-5)36-28(40)18-9-8-12-37(15-18)30(42)29(41)35-22-11-7-6-10-19(22)31(2,3)4/h6-7,10-11,13,18,23H,8-9,12,14-16H2,1-5H3,(H,35,41)(H,36,40)/t18-,23+/m1/s1. The number of hydrogen-bond acceptors (Lipinski definition) is 7. The Labute approximate surface area is 253 Å². The number of Topliss-reactive ketones (excluding diaryl/α,β-unsaturated/α-hetero) is 1. The second kappa shape index (κ2) is 14.4. The van der Waals surface area contributed by atoms with Crippen molar-refractivity contribution in [1.29, 1.82) is 0 Å². The molecule has 1 aliphatic rings. The molecule has 3 amide bonds. The van der Waals surface area contributed by atoms with Crippen molar-refractivity contribution in [2.24, 2.45) is 5.92 Å². The molecule has 2 aromatic rings. The molecule has 1 heterocycles. The number of nitrogens with one attached hydrogen (secondary N) is 2. The van der Waals surface area contributed by atoms with E-state index in [9.17, 15) is 37.1 Å². The molecular formula is C31H36F3N3O7. The number of carbonyl (C=O) groups is 5. The van der Waals surface area contributed by atoms with E-state index in [2.05, 4.69) is 15.4 Å². The first-order valence-electron chi connectivity index (χ1n) is 14.0. The van der Waals surface area contributed by atoms with Gasteiger partial charge in [-0.2, -0.15) is 4.39 Å². The number of ketones is 1. The van der Waals surface area contributed by atoms with Crippen LogP contribution in [0.5, 0.6) is 5.75 Å². The van der Waals surface area contributed by atoms with Crippen LogP contribution in [-0.4, -0.2) is 67.2 Å². The van der Waals surface area contributed by atoms with Gasteiger partial charge < -0.3 is 25.0 Å². The van der Waals surface area contributed by atoms with Crippen LogP contribution in [0, 0.1) is 30.3 Å². The third-order valence-corrected chi connectivity index (χ3v) is 7.28. The minimum Gasteiger partial charge on any atom is -0.482 e. The molecule has 238 valence electrons. The van der Waals surface area contributed by atoms with E-state index in [1.807, 2.05) is 32.9 Å². The molecule has 2 N–H and O–H groups in total. The molecule has 0 aliphatic carbocycles. The van der Waals surface area contributed by atoms with Crippen LogP contribution in [0.2, 0.25) is 0 Å². The molecular weight excluding hydrogens is 583 g/mol. The first-order valence-corrected chi connectivity index (χ1v) is 14.0. The predicted molar refractivity (Wildman–Crippen MR) is 153 cm³/mol. The topological polar surface area (TPSA) is 131 Å². The maximum absolute atomic E-state index is 14.2. The SMILES string of the molecule is COC(=O)C[C@H](NC(=O)[C@@H]1CCCN(C(=O)C(=O)Nc2ccccc2C(C)(C)C)C1)C(=O)COc1c(C)c(F)cc(F)c1F. The van der Waals surface area contributed by atoms with Gasteiger partial charge in [0.2, 0.25) is 11.7 Å². The number of amides is 3. The summed E-state index contributed by atoms with van der Waals surface area (Å²) in [6.45, 7) is 6.22. The molecule has 1 saturated heterocycles. The van der Waals surface area contributed by atoms with Crippen LogP contribution in [0.4, 0.5) is 18.9 Å². The summed E-state index contributed by atoms with van der Waals surface area (Å²) in [7, 11) is 1.08. The Bertz CT molecular complexity index is 1420. The number of para-hydroxylation sites is 1. The van der Waals surface area contributed by atoms with Crippen molar-refractivity contribution < 1.29 is 46.6 Å². The summed E-state index contributed by atoms with van der Waals surface area (Å²) in [4.78, 5) is 65.3. The molecule has 0 unspecified atom stereocenters. The Hall–Kier alpha value is -4.42. The number of benzene rings is 2. The van der Waals surface area contributed by atoms with E-state index in [-0.39, 0.29) is 24.1 Å². The maximum atomic E-state index is 14.2. The Morgan fingerprint density at radius 1 is 1.07 bits per heavy atom. The Kier molecular flexibility index (Phi) is 11.1. The number of hydrogen-bond donors (Lipinski definition) is 2. The number of piperidine rings is 1. The number of carbonyl (C=O) groups excluding carboxylic acids is 5. The first kappa shape index (κ1) is 34.1. The highest BCUT2D eigenvalue weighted by Crippen LogP contribution is 2.30. The van der Waals surface area contributed by atoms with Gasteiger partial charge in [0.05, 0.1) is 19.4 Å². The lowest BCUT2D eigenvalue weighted by Crippen LogP contribution is -2.52. The molecule has 10 nitrogen and oxygen atoms in total. The summed E-state index contributed by atoms with van der Waals surface area (Å²) in [5, 5.41) is 5.10. The lowest BCUT2D eigenvalue weighted by molar-refractivity contribution is -0.146. The van der Waals surface area contributed by atoms with Crippen LogP contribution in [0.15, 0.2) is 30.3 Å². The smallest absolute Gasteiger partial charge is 0.313 e. The van der Waals surface area contributed by atoms with Gasteiger partial charge >= 0.3 is 17.8 Å². The van der Waals surface area contributed by atoms with Crippen molar-refractivity contribution in [1.82, 2.24) is 10.2 Å². The molecule has 0 aromatic heterocycles. The fourth-order valence-electron chi connectivity index (χ4n) is 4.81. The maximum Gasteiger partial charge on any atom is 0.313 e. The van der Waals surface area contributed by atoms with Crippen LogP contribution in [0.3, 0.4) is 0 Å². The number of esters is 1. The highest BCUT2D eigenvalue weighted by atomic mass is 19.2. The molecule has 2 aromatic carbocycles. The third-order valence-electron chi connectivity index (χ3n) is 7.28.